The molecule has 3 rings (SSSR count). The van der Waals surface area contributed by atoms with Crippen LogP contribution in [0.1, 0.15) is 66.2 Å². The molecule has 2 heteroatoms. The largest absolute Gasteiger partial charge is 0.0688 e. The van der Waals surface area contributed by atoms with Crippen LogP contribution in [-0.4, -0.2) is 22.6 Å². The summed E-state index contributed by atoms with van der Waals surface area (Å²) in [6, 6.07) is 9.64. The molecule has 0 nitrogen and oxygen atoms in total. The molecule has 0 amide bonds. The minimum atomic E-state index is 0.0432. The predicted molar refractivity (Wildman–Crippen MR) is 105 cm³/mol. The van der Waals surface area contributed by atoms with E-state index >= 15 is 0 Å². The van der Waals surface area contributed by atoms with E-state index in [1.54, 1.807) is 10.6 Å². The van der Waals surface area contributed by atoms with Crippen LogP contribution >= 0.6 is 15.8 Å². The summed E-state index contributed by atoms with van der Waals surface area (Å²) < 4.78 is 0. The van der Waals surface area contributed by atoms with Crippen molar-refractivity contribution in [2.45, 2.75) is 88.9 Å². The van der Waals surface area contributed by atoms with E-state index in [2.05, 4.69) is 52.0 Å². The standard InChI is InChI=1S/C20H32P2/c1-15-9-7-10-16(2)21(15)19-13-5-6-14-20(19)22-17(3)11-8-12-18(22)4/h5-6,13-18H,7-12H2,1-4H3/t15-,16-,17-,18-/m0/s1. The third kappa shape index (κ3) is 3.30. The van der Waals surface area contributed by atoms with Crippen molar-refractivity contribution in [3.8, 4) is 0 Å². The first-order chi connectivity index (χ1) is 10.6. The molecule has 0 N–H and O–H groups in total. The summed E-state index contributed by atoms with van der Waals surface area (Å²) in [6.07, 6.45) is 8.71. The van der Waals surface area contributed by atoms with Crippen LogP contribution in [0.2, 0.25) is 0 Å². The zero-order valence-corrected chi connectivity index (χ0v) is 16.5. The Kier molecular flexibility index (Phi) is 5.63. The first-order valence-corrected chi connectivity index (χ1v) is 12.2. The van der Waals surface area contributed by atoms with Gasteiger partial charge in [0.05, 0.1) is 0 Å². The molecule has 1 aromatic rings. The van der Waals surface area contributed by atoms with Crippen LogP contribution in [0, 0.1) is 0 Å². The van der Waals surface area contributed by atoms with Crippen molar-refractivity contribution in [2.24, 2.45) is 0 Å². The Morgan fingerprint density at radius 3 is 1.27 bits per heavy atom. The molecule has 122 valence electrons. The third-order valence-corrected chi connectivity index (χ3v) is 12.7. The van der Waals surface area contributed by atoms with Crippen LogP contribution in [0.5, 0.6) is 0 Å². The highest BCUT2D eigenvalue weighted by molar-refractivity contribution is 7.73. The van der Waals surface area contributed by atoms with Gasteiger partial charge in [0.2, 0.25) is 0 Å². The molecule has 0 radical (unpaired) electrons. The second kappa shape index (κ2) is 7.32. The van der Waals surface area contributed by atoms with Crippen molar-refractivity contribution in [3.05, 3.63) is 24.3 Å². The number of benzene rings is 1. The van der Waals surface area contributed by atoms with Gasteiger partial charge >= 0.3 is 0 Å². The molecule has 2 aliphatic rings. The third-order valence-electron chi connectivity index (χ3n) is 5.83. The van der Waals surface area contributed by atoms with Gasteiger partial charge in [-0.25, -0.2) is 0 Å². The van der Waals surface area contributed by atoms with Gasteiger partial charge in [-0.2, -0.15) is 0 Å². The van der Waals surface area contributed by atoms with Gasteiger partial charge in [0.1, 0.15) is 0 Å². The van der Waals surface area contributed by atoms with Crippen molar-refractivity contribution in [1.29, 1.82) is 0 Å². The van der Waals surface area contributed by atoms with E-state index in [1.807, 2.05) is 0 Å². The predicted octanol–water partition coefficient (Wildman–Crippen LogP) is 5.82. The fourth-order valence-corrected chi connectivity index (χ4v) is 12.1. The monoisotopic (exact) mass is 334 g/mol. The van der Waals surface area contributed by atoms with Gasteiger partial charge in [-0.05, 0) is 58.9 Å². The lowest BCUT2D eigenvalue weighted by molar-refractivity contribution is 0.627. The molecule has 0 aromatic heterocycles. The number of hydrogen-bond acceptors (Lipinski definition) is 0. The molecular weight excluding hydrogens is 302 g/mol. The van der Waals surface area contributed by atoms with E-state index in [0.717, 1.165) is 22.6 Å². The molecule has 0 saturated carbocycles. The van der Waals surface area contributed by atoms with E-state index in [0.29, 0.717) is 0 Å². The smallest absolute Gasteiger partial charge is 0.0158 e. The fourth-order valence-electron chi connectivity index (χ4n) is 4.69. The molecular formula is C20H32P2. The van der Waals surface area contributed by atoms with Crippen molar-refractivity contribution in [1.82, 2.24) is 0 Å². The summed E-state index contributed by atoms with van der Waals surface area (Å²) >= 11 is 0. The van der Waals surface area contributed by atoms with E-state index in [9.17, 15) is 0 Å². The summed E-state index contributed by atoms with van der Waals surface area (Å²) in [5.41, 5.74) is 3.69. The van der Waals surface area contributed by atoms with Crippen LogP contribution in [0.15, 0.2) is 24.3 Å². The summed E-state index contributed by atoms with van der Waals surface area (Å²) in [4.78, 5) is 0. The van der Waals surface area contributed by atoms with Gasteiger partial charge in [-0.3, -0.25) is 0 Å². The van der Waals surface area contributed by atoms with Gasteiger partial charge in [0.25, 0.3) is 0 Å². The molecule has 2 heterocycles. The van der Waals surface area contributed by atoms with Gasteiger partial charge in [0.15, 0.2) is 0 Å². The minimum Gasteiger partial charge on any atom is -0.0688 e. The Morgan fingerprint density at radius 1 is 0.636 bits per heavy atom. The van der Waals surface area contributed by atoms with Crippen molar-refractivity contribution in [2.75, 3.05) is 0 Å². The van der Waals surface area contributed by atoms with E-state index < -0.39 is 0 Å². The number of hydrogen-bond donors (Lipinski definition) is 0. The lowest BCUT2D eigenvalue weighted by Crippen LogP contribution is -2.35. The lowest BCUT2D eigenvalue weighted by atomic mass is 10.1. The Balaban J connectivity index is 1.99. The first kappa shape index (κ1) is 16.9. The maximum atomic E-state index is 2.53. The Morgan fingerprint density at radius 2 is 0.955 bits per heavy atom. The van der Waals surface area contributed by atoms with Crippen LogP contribution in [0.4, 0.5) is 0 Å². The maximum absolute atomic E-state index is 2.53. The van der Waals surface area contributed by atoms with E-state index in [1.165, 1.54) is 38.5 Å². The Hall–Kier alpha value is 0.0800. The second-order valence-electron chi connectivity index (χ2n) is 7.56. The highest BCUT2D eigenvalue weighted by Crippen LogP contribution is 2.56. The van der Waals surface area contributed by atoms with E-state index in [4.69, 9.17) is 0 Å². The molecule has 0 spiro atoms. The summed E-state index contributed by atoms with van der Waals surface area (Å²) in [6.45, 7) is 10.1. The quantitative estimate of drug-likeness (QED) is 0.598. The number of rotatable bonds is 2. The highest BCUT2D eigenvalue weighted by Gasteiger charge is 2.35. The second-order valence-corrected chi connectivity index (χ2v) is 13.7. The summed E-state index contributed by atoms with van der Waals surface area (Å²) in [5, 5.41) is 3.59. The summed E-state index contributed by atoms with van der Waals surface area (Å²) in [7, 11) is 0.0865. The van der Waals surface area contributed by atoms with Gasteiger partial charge in [-0.1, -0.05) is 80.6 Å². The normalized spacial score (nSPS) is 34.7. The maximum Gasteiger partial charge on any atom is -0.0158 e. The SMILES string of the molecule is C[C@H]1CCC[C@H](C)P1c1ccccc1P1[C@@H](C)CCC[C@@H]1C. The van der Waals surface area contributed by atoms with Crippen molar-refractivity contribution in [3.63, 3.8) is 0 Å². The topological polar surface area (TPSA) is 0 Å². The first-order valence-electron chi connectivity index (χ1n) is 9.25. The average molecular weight is 334 g/mol. The van der Waals surface area contributed by atoms with Crippen LogP contribution in [-0.2, 0) is 0 Å². The van der Waals surface area contributed by atoms with Gasteiger partial charge in [-0.15, -0.1) is 0 Å². The minimum absolute atomic E-state index is 0.0432. The molecule has 1 aromatic carbocycles. The molecule has 22 heavy (non-hydrogen) atoms. The van der Waals surface area contributed by atoms with Gasteiger partial charge in [0, 0.05) is 0 Å². The summed E-state index contributed by atoms with van der Waals surface area (Å²) in [5.74, 6) is 0. The van der Waals surface area contributed by atoms with Crippen LogP contribution in [0.25, 0.3) is 0 Å². The Bertz CT molecular complexity index is 433. The Labute approximate surface area is 140 Å². The molecule has 0 aliphatic carbocycles. The molecule has 0 bridgehead atoms. The molecule has 4 atom stereocenters. The lowest BCUT2D eigenvalue weighted by Gasteiger charge is -2.41. The molecule has 2 saturated heterocycles. The molecule has 2 fully saturated rings. The molecule has 2 aliphatic heterocycles. The van der Waals surface area contributed by atoms with Crippen LogP contribution in [0.3, 0.4) is 0 Å². The van der Waals surface area contributed by atoms with Crippen molar-refractivity contribution >= 4 is 26.5 Å². The fraction of sp³-hybridized carbons (Fsp3) is 0.700. The zero-order valence-electron chi connectivity index (χ0n) is 14.8. The van der Waals surface area contributed by atoms with E-state index in [-0.39, 0.29) is 15.8 Å². The van der Waals surface area contributed by atoms with Crippen LogP contribution < -0.4 is 10.6 Å². The highest BCUT2D eigenvalue weighted by atomic mass is 31.1. The van der Waals surface area contributed by atoms with Crippen molar-refractivity contribution < 1.29 is 0 Å². The van der Waals surface area contributed by atoms with Gasteiger partial charge < -0.3 is 0 Å². The zero-order chi connectivity index (χ0) is 15.7. The molecule has 0 unspecified atom stereocenters. The average Bonchev–Trinajstić information content (AvgIpc) is 2.48.